The Morgan fingerprint density at radius 3 is 2.62 bits per heavy atom. The Morgan fingerprint density at radius 2 is 1.97 bits per heavy atom. The lowest BCUT2D eigenvalue weighted by atomic mass is 9.98. The van der Waals surface area contributed by atoms with E-state index in [4.69, 9.17) is 16.3 Å². The van der Waals surface area contributed by atoms with Crippen LogP contribution in [0, 0.1) is 6.92 Å². The number of aromatic hydroxyl groups is 1. The number of aryl methyl sites for hydroxylation is 1. The SMILES string of the molecule is CCOc1ccc(/C(O)=C2/C(=O)C(=O)N(c3cc(Cl)ccc3O)C2c2cccs2)cc1C. The van der Waals surface area contributed by atoms with Crippen LogP contribution < -0.4 is 9.64 Å². The molecular weight excluding hydrogens is 450 g/mol. The second-order valence-electron chi connectivity index (χ2n) is 7.23. The molecule has 3 aromatic rings. The lowest BCUT2D eigenvalue weighted by molar-refractivity contribution is -0.132. The number of nitrogens with zero attached hydrogens (tertiary/aromatic N) is 1. The van der Waals surface area contributed by atoms with E-state index in [9.17, 15) is 19.8 Å². The molecule has 8 heteroatoms. The molecule has 2 heterocycles. The average Bonchev–Trinajstić information content (AvgIpc) is 3.38. The first-order chi connectivity index (χ1) is 15.3. The van der Waals surface area contributed by atoms with Crippen molar-refractivity contribution in [3.05, 3.63) is 80.5 Å². The Balaban J connectivity index is 1.91. The second-order valence-corrected chi connectivity index (χ2v) is 8.65. The lowest BCUT2D eigenvalue weighted by Crippen LogP contribution is -2.29. The fourth-order valence-corrected chi connectivity index (χ4v) is 4.75. The van der Waals surface area contributed by atoms with Crippen LogP contribution >= 0.6 is 22.9 Å². The van der Waals surface area contributed by atoms with E-state index in [1.165, 1.54) is 34.4 Å². The maximum absolute atomic E-state index is 13.1. The molecule has 0 spiro atoms. The predicted octanol–water partition coefficient (Wildman–Crippen LogP) is 5.44. The van der Waals surface area contributed by atoms with Crippen molar-refractivity contribution in [1.82, 2.24) is 0 Å². The lowest BCUT2D eigenvalue weighted by Gasteiger charge is -2.25. The summed E-state index contributed by atoms with van der Waals surface area (Å²) in [4.78, 5) is 28.0. The van der Waals surface area contributed by atoms with E-state index in [0.29, 0.717) is 27.8 Å². The van der Waals surface area contributed by atoms with Crippen LogP contribution in [-0.2, 0) is 9.59 Å². The number of phenolic OH excluding ortho intramolecular Hbond substituents is 1. The molecule has 6 nitrogen and oxygen atoms in total. The van der Waals surface area contributed by atoms with Gasteiger partial charge in [-0.1, -0.05) is 17.7 Å². The number of phenols is 1. The average molecular weight is 470 g/mol. The highest BCUT2D eigenvalue weighted by atomic mass is 35.5. The number of rotatable bonds is 5. The number of carbonyl (C=O) groups is 2. The van der Waals surface area contributed by atoms with Gasteiger partial charge in [0.1, 0.15) is 23.3 Å². The number of thiophene rings is 1. The van der Waals surface area contributed by atoms with E-state index in [1.54, 1.807) is 30.3 Å². The third kappa shape index (κ3) is 3.74. The van der Waals surface area contributed by atoms with Crippen LogP contribution in [0.3, 0.4) is 0 Å². The molecule has 1 aliphatic heterocycles. The van der Waals surface area contributed by atoms with E-state index in [2.05, 4.69) is 0 Å². The molecule has 1 amide bonds. The molecule has 164 valence electrons. The summed E-state index contributed by atoms with van der Waals surface area (Å²) in [5, 5.41) is 23.7. The van der Waals surface area contributed by atoms with Gasteiger partial charge in [-0.15, -0.1) is 11.3 Å². The van der Waals surface area contributed by atoms with Gasteiger partial charge in [0.2, 0.25) is 0 Å². The quantitative estimate of drug-likeness (QED) is 0.295. The molecule has 1 aliphatic rings. The van der Waals surface area contributed by atoms with E-state index in [-0.39, 0.29) is 22.8 Å². The third-order valence-corrected chi connectivity index (χ3v) is 6.36. The molecule has 0 saturated carbocycles. The van der Waals surface area contributed by atoms with Crippen molar-refractivity contribution in [2.24, 2.45) is 0 Å². The van der Waals surface area contributed by atoms with Gasteiger partial charge in [0.15, 0.2) is 0 Å². The minimum Gasteiger partial charge on any atom is -0.507 e. The Labute approximate surface area is 193 Å². The maximum atomic E-state index is 13.1. The van der Waals surface area contributed by atoms with Crippen LogP contribution in [-0.4, -0.2) is 28.5 Å². The molecule has 0 radical (unpaired) electrons. The molecule has 32 heavy (non-hydrogen) atoms. The summed E-state index contributed by atoms with van der Waals surface area (Å²) in [5.74, 6) is -1.52. The number of ether oxygens (including phenoxy) is 1. The monoisotopic (exact) mass is 469 g/mol. The smallest absolute Gasteiger partial charge is 0.300 e. The molecule has 1 saturated heterocycles. The fourth-order valence-electron chi connectivity index (χ4n) is 3.76. The number of hydrogen-bond acceptors (Lipinski definition) is 6. The number of anilines is 1. The first kappa shape index (κ1) is 21.9. The number of ketones is 1. The second kappa shape index (κ2) is 8.68. The van der Waals surface area contributed by atoms with Crippen LogP contribution in [0.5, 0.6) is 11.5 Å². The largest absolute Gasteiger partial charge is 0.507 e. The minimum atomic E-state index is -0.911. The van der Waals surface area contributed by atoms with Crippen LogP contribution in [0.4, 0.5) is 5.69 Å². The van der Waals surface area contributed by atoms with Gasteiger partial charge in [-0.25, -0.2) is 0 Å². The summed E-state index contributed by atoms with van der Waals surface area (Å²) in [6, 6.07) is 12.0. The number of Topliss-reactive ketones (excluding diaryl/α,β-unsaturated/α-hetero) is 1. The highest BCUT2D eigenvalue weighted by molar-refractivity contribution is 7.10. The fraction of sp³-hybridized carbons (Fsp3) is 0.167. The molecule has 1 aromatic heterocycles. The Morgan fingerprint density at radius 1 is 1.19 bits per heavy atom. The van der Waals surface area contributed by atoms with Crippen molar-refractivity contribution in [3.63, 3.8) is 0 Å². The van der Waals surface area contributed by atoms with Gasteiger partial charge in [-0.2, -0.15) is 0 Å². The van der Waals surface area contributed by atoms with Crippen molar-refractivity contribution in [3.8, 4) is 11.5 Å². The van der Waals surface area contributed by atoms with Gasteiger partial charge >= 0.3 is 0 Å². The standard InChI is InChI=1S/C24H20ClNO5S/c1-3-31-18-9-6-14(11-13(18)2)22(28)20-21(19-5-4-10-32-19)26(24(30)23(20)29)16-12-15(25)7-8-17(16)27/h4-12,21,27-28H,3H2,1-2H3/b22-20-. The highest BCUT2D eigenvalue weighted by Gasteiger charge is 2.48. The topological polar surface area (TPSA) is 87.1 Å². The summed E-state index contributed by atoms with van der Waals surface area (Å²) < 4.78 is 5.55. The zero-order valence-corrected chi connectivity index (χ0v) is 18.9. The summed E-state index contributed by atoms with van der Waals surface area (Å²) >= 11 is 7.44. The molecule has 4 rings (SSSR count). The molecule has 1 unspecified atom stereocenters. The normalized spacial score (nSPS) is 17.7. The van der Waals surface area contributed by atoms with E-state index < -0.39 is 17.7 Å². The van der Waals surface area contributed by atoms with Gasteiger partial charge < -0.3 is 14.9 Å². The minimum absolute atomic E-state index is 0.0552. The van der Waals surface area contributed by atoms with Crippen molar-refractivity contribution in [2.75, 3.05) is 11.5 Å². The van der Waals surface area contributed by atoms with Crippen LogP contribution in [0.2, 0.25) is 5.02 Å². The van der Waals surface area contributed by atoms with Crippen LogP contribution in [0.25, 0.3) is 5.76 Å². The van der Waals surface area contributed by atoms with Crippen molar-refractivity contribution in [1.29, 1.82) is 0 Å². The number of aliphatic hydroxyl groups is 1. The molecule has 2 aromatic carbocycles. The van der Waals surface area contributed by atoms with Crippen LogP contribution in [0.15, 0.2) is 59.5 Å². The number of hydrogen-bond donors (Lipinski definition) is 2. The zero-order chi connectivity index (χ0) is 23.0. The Bertz CT molecular complexity index is 1240. The van der Waals surface area contributed by atoms with Crippen molar-refractivity contribution >= 4 is 46.1 Å². The maximum Gasteiger partial charge on any atom is 0.300 e. The van der Waals surface area contributed by atoms with E-state index in [0.717, 1.165) is 5.56 Å². The number of amides is 1. The third-order valence-electron chi connectivity index (χ3n) is 5.20. The zero-order valence-electron chi connectivity index (χ0n) is 17.3. The predicted molar refractivity (Wildman–Crippen MR) is 125 cm³/mol. The van der Waals surface area contributed by atoms with Crippen molar-refractivity contribution < 1.29 is 24.5 Å². The number of aliphatic hydroxyl groups excluding tert-OH is 1. The summed E-state index contributed by atoms with van der Waals surface area (Å²) in [7, 11) is 0. The van der Waals surface area contributed by atoms with Gasteiger partial charge in [-0.05, 0) is 67.3 Å². The molecule has 2 N–H and O–H groups in total. The first-order valence-electron chi connectivity index (χ1n) is 9.90. The first-order valence-corrected chi connectivity index (χ1v) is 11.2. The van der Waals surface area contributed by atoms with E-state index >= 15 is 0 Å². The van der Waals surface area contributed by atoms with Crippen molar-refractivity contribution in [2.45, 2.75) is 19.9 Å². The molecular formula is C24H20ClNO5S. The molecule has 0 aliphatic carbocycles. The Kier molecular flexibility index (Phi) is 5.95. The highest BCUT2D eigenvalue weighted by Crippen LogP contribution is 2.46. The summed E-state index contributed by atoms with van der Waals surface area (Å²) in [5.41, 5.74) is 1.21. The molecule has 1 atom stereocenters. The van der Waals surface area contributed by atoms with E-state index in [1.807, 2.05) is 19.2 Å². The number of benzene rings is 2. The summed E-state index contributed by atoms with van der Waals surface area (Å²) in [6.07, 6.45) is 0. The number of halogens is 1. The number of carbonyl (C=O) groups excluding carboxylic acids is 2. The molecule has 1 fully saturated rings. The van der Waals surface area contributed by atoms with Gasteiger partial charge in [0.25, 0.3) is 11.7 Å². The van der Waals surface area contributed by atoms with Gasteiger partial charge in [0.05, 0.1) is 17.9 Å². The molecule has 0 bridgehead atoms. The Hall–Kier alpha value is -3.29. The van der Waals surface area contributed by atoms with Crippen LogP contribution in [0.1, 0.15) is 29.0 Å². The summed E-state index contributed by atoms with van der Waals surface area (Å²) in [6.45, 7) is 4.21. The van der Waals surface area contributed by atoms with Gasteiger partial charge in [-0.3, -0.25) is 14.5 Å². The van der Waals surface area contributed by atoms with Gasteiger partial charge in [0, 0.05) is 15.5 Å².